The highest BCUT2D eigenvalue weighted by Gasteiger charge is 2.20. The standard InChI is InChI=1S/C8H19NO2/c1-8(7-9,11-3)5-4-6-10-2/h4-7,9H2,1-3H3. The molecule has 0 amide bonds. The van der Waals surface area contributed by atoms with Crippen molar-refractivity contribution in [2.75, 3.05) is 27.4 Å². The minimum absolute atomic E-state index is 0.168. The molecule has 0 saturated heterocycles. The number of ether oxygens (including phenoxy) is 2. The van der Waals surface area contributed by atoms with Gasteiger partial charge in [0.05, 0.1) is 5.60 Å². The van der Waals surface area contributed by atoms with Gasteiger partial charge in [0.15, 0.2) is 0 Å². The molecule has 0 aliphatic carbocycles. The Bertz CT molecular complexity index is 92.1. The quantitative estimate of drug-likeness (QED) is 0.585. The van der Waals surface area contributed by atoms with Gasteiger partial charge in [-0.15, -0.1) is 0 Å². The van der Waals surface area contributed by atoms with Crippen LogP contribution in [-0.2, 0) is 9.47 Å². The molecule has 1 unspecified atom stereocenters. The van der Waals surface area contributed by atoms with Gasteiger partial charge in [-0.25, -0.2) is 0 Å². The minimum atomic E-state index is -0.168. The van der Waals surface area contributed by atoms with E-state index in [2.05, 4.69) is 0 Å². The average molecular weight is 161 g/mol. The molecule has 2 N–H and O–H groups in total. The Morgan fingerprint density at radius 2 is 2.00 bits per heavy atom. The molecular formula is C8H19NO2. The van der Waals surface area contributed by atoms with E-state index >= 15 is 0 Å². The average Bonchev–Trinajstić information content (AvgIpc) is 2.05. The zero-order valence-corrected chi connectivity index (χ0v) is 7.72. The third kappa shape index (κ3) is 4.35. The predicted octanol–water partition coefficient (Wildman–Crippen LogP) is 0.777. The van der Waals surface area contributed by atoms with Crippen molar-refractivity contribution in [3.63, 3.8) is 0 Å². The van der Waals surface area contributed by atoms with Gasteiger partial charge in [-0.1, -0.05) is 0 Å². The summed E-state index contributed by atoms with van der Waals surface area (Å²) in [5, 5.41) is 0. The second-order valence-corrected chi connectivity index (χ2v) is 2.95. The number of rotatable bonds is 6. The third-order valence-corrected chi connectivity index (χ3v) is 1.98. The lowest BCUT2D eigenvalue weighted by Crippen LogP contribution is -2.36. The first kappa shape index (κ1) is 10.9. The molecule has 3 heteroatoms. The first-order chi connectivity index (χ1) is 5.18. The molecular weight excluding hydrogens is 142 g/mol. The molecule has 11 heavy (non-hydrogen) atoms. The van der Waals surface area contributed by atoms with Crippen molar-refractivity contribution in [1.29, 1.82) is 0 Å². The molecule has 0 fully saturated rings. The Balaban J connectivity index is 3.51. The molecule has 3 nitrogen and oxygen atoms in total. The summed E-state index contributed by atoms with van der Waals surface area (Å²) in [7, 11) is 3.40. The van der Waals surface area contributed by atoms with Gasteiger partial charge in [0.25, 0.3) is 0 Å². The Hall–Kier alpha value is -0.120. The van der Waals surface area contributed by atoms with Gasteiger partial charge in [0.2, 0.25) is 0 Å². The van der Waals surface area contributed by atoms with Gasteiger partial charge < -0.3 is 15.2 Å². The van der Waals surface area contributed by atoms with Gasteiger partial charge in [0, 0.05) is 27.4 Å². The Kier molecular flexibility index (Phi) is 5.46. The molecule has 0 rings (SSSR count). The topological polar surface area (TPSA) is 44.5 Å². The van der Waals surface area contributed by atoms with Gasteiger partial charge in [-0.05, 0) is 19.8 Å². The molecule has 0 aliphatic heterocycles. The monoisotopic (exact) mass is 161 g/mol. The fraction of sp³-hybridized carbons (Fsp3) is 1.00. The highest BCUT2D eigenvalue weighted by Crippen LogP contribution is 2.14. The second kappa shape index (κ2) is 5.52. The van der Waals surface area contributed by atoms with Crippen LogP contribution in [0, 0.1) is 0 Å². The number of hydrogen-bond acceptors (Lipinski definition) is 3. The van der Waals surface area contributed by atoms with Gasteiger partial charge in [-0.3, -0.25) is 0 Å². The summed E-state index contributed by atoms with van der Waals surface area (Å²) in [6, 6.07) is 0. The van der Waals surface area contributed by atoms with Crippen LogP contribution in [0.5, 0.6) is 0 Å². The molecule has 0 heterocycles. The largest absolute Gasteiger partial charge is 0.385 e. The Morgan fingerprint density at radius 3 is 2.36 bits per heavy atom. The van der Waals surface area contributed by atoms with Gasteiger partial charge >= 0.3 is 0 Å². The summed E-state index contributed by atoms with van der Waals surface area (Å²) in [6.07, 6.45) is 1.95. The van der Waals surface area contributed by atoms with E-state index < -0.39 is 0 Å². The second-order valence-electron chi connectivity index (χ2n) is 2.95. The zero-order valence-electron chi connectivity index (χ0n) is 7.72. The molecule has 0 saturated carbocycles. The summed E-state index contributed by atoms with van der Waals surface area (Å²) in [4.78, 5) is 0. The maximum absolute atomic E-state index is 5.53. The van der Waals surface area contributed by atoms with Crippen LogP contribution in [0.3, 0.4) is 0 Å². The maximum Gasteiger partial charge on any atom is 0.0773 e. The lowest BCUT2D eigenvalue weighted by atomic mass is 10.0. The van der Waals surface area contributed by atoms with Crippen LogP contribution in [0.25, 0.3) is 0 Å². The van der Waals surface area contributed by atoms with Crippen molar-refractivity contribution in [3.05, 3.63) is 0 Å². The molecule has 0 bridgehead atoms. The van der Waals surface area contributed by atoms with Crippen molar-refractivity contribution in [1.82, 2.24) is 0 Å². The molecule has 1 atom stereocenters. The summed E-state index contributed by atoms with van der Waals surface area (Å²) >= 11 is 0. The van der Waals surface area contributed by atoms with E-state index in [1.807, 2.05) is 6.92 Å². The molecule has 0 radical (unpaired) electrons. The van der Waals surface area contributed by atoms with Crippen molar-refractivity contribution in [2.24, 2.45) is 5.73 Å². The van der Waals surface area contributed by atoms with Gasteiger partial charge in [-0.2, -0.15) is 0 Å². The SMILES string of the molecule is COCCCC(C)(CN)OC. The summed E-state index contributed by atoms with van der Waals surface area (Å²) in [6.45, 7) is 3.36. The number of nitrogens with two attached hydrogens (primary N) is 1. The Morgan fingerprint density at radius 1 is 1.36 bits per heavy atom. The molecule has 0 aromatic carbocycles. The van der Waals surface area contributed by atoms with E-state index in [1.165, 1.54) is 0 Å². The lowest BCUT2D eigenvalue weighted by Gasteiger charge is -2.25. The van der Waals surface area contributed by atoms with E-state index in [4.69, 9.17) is 15.2 Å². The van der Waals surface area contributed by atoms with Crippen LogP contribution in [0.1, 0.15) is 19.8 Å². The van der Waals surface area contributed by atoms with E-state index in [0.29, 0.717) is 6.54 Å². The summed E-state index contributed by atoms with van der Waals surface area (Å²) in [5.41, 5.74) is 5.37. The third-order valence-electron chi connectivity index (χ3n) is 1.98. The maximum atomic E-state index is 5.53. The van der Waals surface area contributed by atoms with E-state index in [-0.39, 0.29) is 5.60 Å². The Labute approximate surface area is 68.9 Å². The van der Waals surface area contributed by atoms with Crippen LogP contribution >= 0.6 is 0 Å². The predicted molar refractivity (Wildman–Crippen MR) is 45.6 cm³/mol. The van der Waals surface area contributed by atoms with Crippen molar-refractivity contribution < 1.29 is 9.47 Å². The van der Waals surface area contributed by atoms with Gasteiger partial charge in [0.1, 0.15) is 0 Å². The smallest absolute Gasteiger partial charge is 0.0773 e. The molecule has 0 spiro atoms. The number of methoxy groups -OCH3 is 2. The lowest BCUT2D eigenvalue weighted by molar-refractivity contribution is 0.000393. The fourth-order valence-electron chi connectivity index (χ4n) is 0.878. The van der Waals surface area contributed by atoms with Crippen LogP contribution < -0.4 is 5.73 Å². The number of hydrogen-bond donors (Lipinski definition) is 1. The fourth-order valence-corrected chi connectivity index (χ4v) is 0.878. The van der Waals surface area contributed by atoms with E-state index in [9.17, 15) is 0 Å². The molecule has 0 aliphatic rings. The normalized spacial score (nSPS) is 16.4. The molecule has 0 aromatic heterocycles. The minimum Gasteiger partial charge on any atom is -0.385 e. The summed E-state index contributed by atoms with van der Waals surface area (Å²) in [5.74, 6) is 0. The van der Waals surface area contributed by atoms with Crippen molar-refractivity contribution in [3.8, 4) is 0 Å². The zero-order chi connectivity index (χ0) is 8.74. The molecule has 0 aromatic rings. The van der Waals surface area contributed by atoms with Crippen molar-refractivity contribution in [2.45, 2.75) is 25.4 Å². The van der Waals surface area contributed by atoms with E-state index in [0.717, 1.165) is 19.4 Å². The molecule has 68 valence electrons. The van der Waals surface area contributed by atoms with Crippen molar-refractivity contribution >= 4 is 0 Å². The van der Waals surface area contributed by atoms with Crippen LogP contribution in [0.4, 0.5) is 0 Å². The van der Waals surface area contributed by atoms with Crippen LogP contribution in [0.15, 0.2) is 0 Å². The summed E-state index contributed by atoms with van der Waals surface area (Å²) < 4.78 is 10.2. The van der Waals surface area contributed by atoms with Crippen LogP contribution in [-0.4, -0.2) is 33.0 Å². The first-order valence-electron chi connectivity index (χ1n) is 3.92. The van der Waals surface area contributed by atoms with E-state index in [1.54, 1.807) is 14.2 Å². The first-order valence-corrected chi connectivity index (χ1v) is 3.92. The van der Waals surface area contributed by atoms with Crippen LogP contribution in [0.2, 0.25) is 0 Å². The highest BCUT2D eigenvalue weighted by molar-refractivity contribution is 4.74. The highest BCUT2D eigenvalue weighted by atomic mass is 16.5.